The van der Waals surface area contributed by atoms with Crippen molar-refractivity contribution in [1.29, 1.82) is 5.26 Å². The molecular weight excluding hydrogens is 420 g/mol. The van der Waals surface area contributed by atoms with Gasteiger partial charge in [-0.3, -0.25) is 9.59 Å². The zero-order valence-corrected chi connectivity index (χ0v) is 19.1. The fraction of sp³-hybridized carbons (Fsp3) is 0.375. The average molecular weight is 447 g/mol. The van der Waals surface area contributed by atoms with Gasteiger partial charge in [-0.15, -0.1) is 0 Å². The molecule has 1 aliphatic heterocycles. The summed E-state index contributed by atoms with van der Waals surface area (Å²) in [6.07, 6.45) is 2.38. The Morgan fingerprint density at radius 2 is 2.18 bits per heavy atom. The summed E-state index contributed by atoms with van der Waals surface area (Å²) in [5, 5.41) is 19.3. The van der Waals surface area contributed by atoms with E-state index in [1.54, 1.807) is 10.6 Å². The third-order valence-corrected chi connectivity index (χ3v) is 6.00. The lowest BCUT2D eigenvalue weighted by atomic mass is 10.0. The number of fused-ring (bicyclic) bond motifs is 2. The molecule has 2 N–H and O–H groups in total. The van der Waals surface area contributed by atoms with Crippen molar-refractivity contribution in [2.45, 2.75) is 59.1 Å². The Kier molecular flexibility index (Phi) is 6.01. The highest BCUT2D eigenvalue weighted by Gasteiger charge is 2.26. The minimum atomic E-state index is -0.505. The van der Waals surface area contributed by atoms with E-state index in [9.17, 15) is 14.9 Å². The van der Waals surface area contributed by atoms with E-state index in [0.29, 0.717) is 41.9 Å². The maximum absolute atomic E-state index is 12.7. The molecule has 0 fully saturated rings. The van der Waals surface area contributed by atoms with Gasteiger partial charge in [0.15, 0.2) is 11.8 Å². The monoisotopic (exact) mass is 446 g/mol. The van der Waals surface area contributed by atoms with Gasteiger partial charge in [-0.1, -0.05) is 13.0 Å². The summed E-state index contributed by atoms with van der Waals surface area (Å²) in [5.41, 5.74) is 5.10. The third kappa shape index (κ3) is 4.24. The molecule has 170 valence electrons. The van der Waals surface area contributed by atoms with Gasteiger partial charge < -0.3 is 15.4 Å². The highest BCUT2D eigenvalue weighted by atomic mass is 16.5. The number of anilines is 1. The van der Waals surface area contributed by atoms with Gasteiger partial charge in [-0.2, -0.15) is 10.4 Å². The largest absolute Gasteiger partial charge is 0.478 e. The highest BCUT2D eigenvalue weighted by Crippen LogP contribution is 2.33. The summed E-state index contributed by atoms with van der Waals surface area (Å²) in [6, 6.07) is 7.40. The second-order valence-corrected chi connectivity index (χ2v) is 8.22. The molecule has 9 heteroatoms. The molecule has 0 radical (unpaired) electrons. The Morgan fingerprint density at radius 1 is 1.39 bits per heavy atom. The van der Waals surface area contributed by atoms with Crippen molar-refractivity contribution in [1.82, 2.24) is 19.9 Å². The zero-order chi connectivity index (χ0) is 23.7. The van der Waals surface area contributed by atoms with Crippen molar-refractivity contribution < 1.29 is 14.3 Å². The first-order valence-corrected chi connectivity index (χ1v) is 11.0. The van der Waals surface area contributed by atoms with Crippen LogP contribution in [0.25, 0.3) is 5.65 Å². The molecule has 0 spiro atoms. The zero-order valence-electron chi connectivity index (χ0n) is 19.1. The van der Waals surface area contributed by atoms with Crippen molar-refractivity contribution in [3.8, 4) is 11.8 Å². The molecule has 3 heterocycles. The minimum absolute atomic E-state index is 0.0852. The second-order valence-electron chi connectivity index (χ2n) is 8.22. The number of nitrogens with one attached hydrogen (secondary N) is 2. The topological polar surface area (TPSA) is 121 Å². The van der Waals surface area contributed by atoms with Crippen LogP contribution in [0.1, 0.15) is 60.8 Å². The Balaban J connectivity index is 1.43. The van der Waals surface area contributed by atoms with Crippen LogP contribution in [-0.2, 0) is 16.0 Å². The number of nitrogens with zero attached hydrogens (tertiary/aromatic N) is 4. The molecule has 0 saturated heterocycles. The Morgan fingerprint density at radius 3 is 2.91 bits per heavy atom. The van der Waals surface area contributed by atoms with Gasteiger partial charge in [-0.05, 0) is 56.9 Å². The summed E-state index contributed by atoms with van der Waals surface area (Å²) in [6.45, 7) is 7.61. The van der Waals surface area contributed by atoms with Gasteiger partial charge >= 0.3 is 0 Å². The van der Waals surface area contributed by atoms with E-state index in [1.807, 2.05) is 39.8 Å². The standard InChI is InChI=1S/C24H26N6O3/c1-5-20-24(32)29-19-8-6-16(10-21(19)33-20)13(2)27-22(31)9-7-18-14(3)28-23-17(11-25)12-26-30(23)15(18)4/h6,8,10,12-13,20H,5,7,9H2,1-4H3,(H,27,31)(H,29,32)/t13-,20-/m0/s1. The number of nitriles is 1. The highest BCUT2D eigenvalue weighted by molar-refractivity contribution is 5.97. The molecule has 0 saturated carbocycles. The number of hydrogen-bond donors (Lipinski definition) is 2. The van der Waals surface area contributed by atoms with Crippen molar-refractivity contribution in [2.75, 3.05) is 5.32 Å². The maximum Gasteiger partial charge on any atom is 0.265 e. The van der Waals surface area contributed by atoms with Crippen LogP contribution >= 0.6 is 0 Å². The fourth-order valence-electron chi connectivity index (χ4n) is 4.08. The average Bonchev–Trinajstić information content (AvgIpc) is 3.21. The number of carbonyl (C=O) groups excluding carboxylic acids is 2. The van der Waals surface area contributed by atoms with E-state index < -0.39 is 6.10 Å². The minimum Gasteiger partial charge on any atom is -0.478 e. The van der Waals surface area contributed by atoms with Crippen LogP contribution in [0.5, 0.6) is 5.75 Å². The molecule has 1 aromatic carbocycles. The number of rotatable bonds is 6. The van der Waals surface area contributed by atoms with E-state index in [0.717, 1.165) is 22.5 Å². The van der Waals surface area contributed by atoms with Gasteiger partial charge in [0, 0.05) is 17.8 Å². The molecule has 1 aliphatic rings. The van der Waals surface area contributed by atoms with E-state index in [2.05, 4.69) is 26.8 Å². The summed E-state index contributed by atoms with van der Waals surface area (Å²) in [7, 11) is 0. The predicted octanol–water partition coefficient (Wildman–Crippen LogP) is 3.14. The van der Waals surface area contributed by atoms with E-state index in [-0.39, 0.29) is 17.9 Å². The molecule has 9 nitrogen and oxygen atoms in total. The van der Waals surface area contributed by atoms with E-state index in [4.69, 9.17) is 4.74 Å². The number of benzene rings is 1. The van der Waals surface area contributed by atoms with E-state index in [1.165, 1.54) is 6.20 Å². The molecule has 4 rings (SSSR count). The molecule has 2 amide bonds. The van der Waals surface area contributed by atoms with Crippen LogP contribution in [0.15, 0.2) is 24.4 Å². The quantitative estimate of drug-likeness (QED) is 0.600. The van der Waals surface area contributed by atoms with Crippen LogP contribution in [0.2, 0.25) is 0 Å². The van der Waals surface area contributed by atoms with E-state index >= 15 is 0 Å². The molecule has 33 heavy (non-hydrogen) atoms. The first kappa shape index (κ1) is 22.3. The molecule has 0 aliphatic carbocycles. The molecular formula is C24H26N6O3. The van der Waals surface area contributed by atoms with Crippen LogP contribution in [0.4, 0.5) is 5.69 Å². The summed E-state index contributed by atoms with van der Waals surface area (Å²) in [4.78, 5) is 29.2. The summed E-state index contributed by atoms with van der Waals surface area (Å²) < 4.78 is 7.46. The van der Waals surface area contributed by atoms with Crippen LogP contribution in [0.3, 0.4) is 0 Å². The van der Waals surface area contributed by atoms with Gasteiger partial charge in [-0.25, -0.2) is 9.50 Å². The number of ether oxygens (including phenoxy) is 1. The Bertz CT molecular complexity index is 1290. The summed E-state index contributed by atoms with van der Waals surface area (Å²) in [5.74, 6) is 0.385. The number of aromatic nitrogens is 3. The lowest BCUT2D eigenvalue weighted by Gasteiger charge is -2.26. The third-order valence-electron chi connectivity index (χ3n) is 6.00. The molecule has 2 aromatic heterocycles. The normalized spacial score (nSPS) is 15.8. The molecule has 0 bridgehead atoms. The predicted molar refractivity (Wildman–Crippen MR) is 122 cm³/mol. The fourth-order valence-corrected chi connectivity index (χ4v) is 4.08. The van der Waals surface area contributed by atoms with Crippen molar-refractivity contribution in [3.05, 3.63) is 52.5 Å². The molecule has 0 unspecified atom stereocenters. The van der Waals surface area contributed by atoms with Crippen LogP contribution in [-0.4, -0.2) is 32.5 Å². The van der Waals surface area contributed by atoms with Gasteiger partial charge in [0.25, 0.3) is 5.91 Å². The first-order valence-electron chi connectivity index (χ1n) is 11.0. The van der Waals surface area contributed by atoms with Crippen LogP contribution < -0.4 is 15.4 Å². The maximum atomic E-state index is 12.7. The molecule has 3 aromatic rings. The Labute approximate surface area is 191 Å². The SMILES string of the molecule is CC[C@@H]1Oc2cc([C@H](C)NC(=O)CCc3c(C)nc4c(C#N)cnn4c3C)ccc2NC1=O. The van der Waals surface area contributed by atoms with Crippen molar-refractivity contribution in [2.24, 2.45) is 0 Å². The van der Waals surface area contributed by atoms with Crippen molar-refractivity contribution >= 4 is 23.1 Å². The van der Waals surface area contributed by atoms with Gasteiger partial charge in [0.05, 0.1) is 17.9 Å². The lowest BCUT2D eigenvalue weighted by molar-refractivity contribution is -0.123. The van der Waals surface area contributed by atoms with Crippen molar-refractivity contribution in [3.63, 3.8) is 0 Å². The van der Waals surface area contributed by atoms with Gasteiger partial charge in [0.1, 0.15) is 17.4 Å². The van der Waals surface area contributed by atoms with Gasteiger partial charge in [0.2, 0.25) is 5.91 Å². The number of carbonyl (C=O) groups is 2. The Hall–Kier alpha value is -3.93. The molecule has 2 atom stereocenters. The second kappa shape index (κ2) is 8.90. The number of aryl methyl sites for hydroxylation is 2. The van der Waals surface area contributed by atoms with Crippen LogP contribution in [0, 0.1) is 25.2 Å². The first-order chi connectivity index (χ1) is 15.8. The smallest absolute Gasteiger partial charge is 0.265 e. The number of amides is 2. The number of hydrogen-bond acceptors (Lipinski definition) is 6. The summed E-state index contributed by atoms with van der Waals surface area (Å²) >= 11 is 0. The lowest BCUT2D eigenvalue weighted by Crippen LogP contribution is -2.36.